The number of para-hydroxylation sites is 1. The van der Waals surface area contributed by atoms with Crippen LogP contribution < -0.4 is 9.64 Å². The zero-order valence-corrected chi connectivity index (χ0v) is 15.2. The molecule has 1 saturated heterocycles. The van der Waals surface area contributed by atoms with Gasteiger partial charge in [0.15, 0.2) is 5.82 Å². The lowest BCUT2D eigenvalue weighted by Crippen LogP contribution is -2.37. The largest absolute Gasteiger partial charge is 0.494 e. The molecule has 142 valence electrons. The van der Waals surface area contributed by atoms with Crippen molar-refractivity contribution in [2.24, 2.45) is 0 Å². The van der Waals surface area contributed by atoms with E-state index in [0.717, 1.165) is 0 Å². The molecular formula is C17H16ClF2N5O2. The van der Waals surface area contributed by atoms with Crippen LogP contribution in [0.1, 0.15) is 12.2 Å². The number of halogens is 3. The Morgan fingerprint density at radius 2 is 1.96 bits per heavy atom. The van der Waals surface area contributed by atoms with Crippen molar-refractivity contribution in [3.05, 3.63) is 35.2 Å². The van der Waals surface area contributed by atoms with Gasteiger partial charge in [0.2, 0.25) is 5.95 Å². The number of imidazole rings is 1. The third kappa shape index (κ3) is 3.28. The molecule has 2 aromatic heterocycles. The molecule has 0 bridgehead atoms. The van der Waals surface area contributed by atoms with Gasteiger partial charge in [0, 0.05) is 19.2 Å². The van der Waals surface area contributed by atoms with E-state index < -0.39 is 12.2 Å². The summed E-state index contributed by atoms with van der Waals surface area (Å²) >= 11 is 6.17. The summed E-state index contributed by atoms with van der Waals surface area (Å²) in [5.41, 5.74) is 0.728. The highest BCUT2D eigenvalue weighted by Gasteiger charge is 2.25. The van der Waals surface area contributed by atoms with Crippen LogP contribution >= 0.6 is 11.6 Å². The number of hydrogen-bond acceptors (Lipinski definition) is 6. The molecule has 0 spiro atoms. The number of hydrogen-bond donors (Lipinski definition) is 0. The summed E-state index contributed by atoms with van der Waals surface area (Å²) in [7, 11) is 1.46. The van der Waals surface area contributed by atoms with Crippen LogP contribution in [0.15, 0.2) is 24.3 Å². The van der Waals surface area contributed by atoms with Gasteiger partial charge in [0.1, 0.15) is 22.2 Å². The molecule has 0 unspecified atom stereocenters. The van der Waals surface area contributed by atoms with Crippen molar-refractivity contribution in [2.75, 3.05) is 38.3 Å². The molecule has 3 aromatic rings. The summed E-state index contributed by atoms with van der Waals surface area (Å²) in [6, 6.07) is 6.63. The summed E-state index contributed by atoms with van der Waals surface area (Å²) in [6.45, 7) is 2.38. The first-order valence-corrected chi connectivity index (χ1v) is 8.67. The third-order valence-electron chi connectivity index (χ3n) is 4.29. The van der Waals surface area contributed by atoms with Gasteiger partial charge in [-0.3, -0.25) is 4.57 Å². The second-order valence-electron chi connectivity index (χ2n) is 5.88. The van der Waals surface area contributed by atoms with E-state index in [1.165, 1.54) is 11.7 Å². The number of morpholine rings is 1. The number of rotatable bonds is 4. The van der Waals surface area contributed by atoms with Gasteiger partial charge in [-0.1, -0.05) is 17.7 Å². The van der Waals surface area contributed by atoms with Crippen LogP contribution in [0, 0.1) is 0 Å². The Hall–Kier alpha value is -2.52. The Bertz CT molecular complexity index is 975. The molecule has 0 amide bonds. The predicted molar refractivity (Wildman–Crippen MR) is 96.2 cm³/mol. The summed E-state index contributed by atoms with van der Waals surface area (Å²) in [4.78, 5) is 14.7. The second kappa shape index (κ2) is 7.24. The van der Waals surface area contributed by atoms with Crippen molar-refractivity contribution in [1.29, 1.82) is 0 Å². The van der Waals surface area contributed by atoms with Gasteiger partial charge in [0.25, 0.3) is 6.43 Å². The van der Waals surface area contributed by atoms with Crippen LogP contribution in [-0.2, 0) is 4.74 Å². The number of benzene rings is 1. The second-order valence-corrected chi connectivity index (χ2v) is 6.27. The monoisotopic (exact) mass is 395 g/mol. The smallest absolute Gasteiger partial charge is 0.296 e. The van der Waals surface area contributed by atoms with Crippen molar-refractivity contribution in [3.63, 3.8) is 0 Å². The SMILES string of the molecule is COc1cccc2c1nc(C(F)F)n2-c1nc(Cl)cc(N2CCOCC2)n1. The van der Waals surface area contributed by atoms with Crippen LogP contribution in [0.4, 0.5) is 14.6 Å². The van der Waals surface area contributed by atoms with E-state index in [1.807, 2.05) is 4.90 Å². The zero-order chi connectivity index (χ0) is 19.0. The van der Waals surface area contributed by atoms with Crippen LogP contribution in [0.2, 0.25) is 5.15 Å². The maximum atomic E-state index is 13.7. The molecule has 0 aliphatic carbocycles. The molecule has 27 heavy (non-hydrogen) atoms. The molecule has 3 heterocycles. The van der Waals surface area contributed by atoms with E-state index in [0.29, 0.717) is 48.9 Å². The lowest BCUT2D eigenvalue weighted by molar-refractivity contribution is 0.122. The Balaban J connectivity index is 1.91. The van der Waals surface area contributed by atoms with E-state index in [2.05, 4.69) is 15.0 Å². The van der Waals surface area contributed by atoms with E-state index in [4.69, 9.17) is 21.1 Å². The van der Waals surface area contributed by atoms with Gasteiger partial charge in [-0.2, -0.15) is 4.98 Å². The molecular weight excluding hydrogens is 380 g/mol. The molecule has 0 N–H and O–H groups in total. The minimum absolute atomic E-state index is 0.0371. The number of methoxy groups -OCH3 is 1. The predicted octanol–water partition coefficient (Wildman–Crippen LogP) is 3.25. The fourth-order valence-electron chi connectivity index (χ4n) is 3.06. The molecule has 0 saturated carbocycles. The van der Waals surface area contributed by atoms with Gasteiger partial charge < -0.3 is 14.4 Å². The highest BCUT2D eigenvalue weighted by atomic mass is 35.5. The molecule has 0 atom stereocenters. The van der Waals surface area contributed by atoms with Gasteiger partial charge in [-0.25, -0.2) is 18.7 Å². The van der Waals surface area contributed by atoms with E-state index in [9.17, 15) is 8.78 Å². The average molecular weight is 396 g/mol. The Labute approximate surface area is 158 Å². The molecule has 7 nitrogen and oxygen atoms in total. The van der Waals surface area contributed by atoms with Gasteiger partial charge in [-0.05, 0) is 12.1 Å². The topological polar surface area (TPSA) is 65.3 Å². The summed E-state index contributed by atoms with van der Waals surface area (Å²) in [5.74, 6) is 0.515. The number of alkyl halides is 2. The lowest BCUT2D eigenvalue weighted by Gasteiger charge is -2.28. The summed E-state index contributed by atoms with van der Waals surface area (Å²) in [6.07, 6.45) is -2.82. The average Bonchev–Trinajstić information content (AvgIpc) is 3.08. The van der Waals surface area contributed by atoms with Crippen LogP contribution in [0.3, 0.4) is 0 Å². The first-order valence-electron chi connectivity index (χ1n) is 8.29. The number of aromatic nitrogens is 4. The number of ether oxygens (including phenoxy) is 2. The quantitative estimate of drug-likeness (QED) is 0.632. The van der Waals surface area contributed by atoms with Crippen molar-refractivity contribution < 1.29 is 18.3 Å². The molecule has 10 heteroatoms. The molecule has 1 aliphatic rings. The van der Waals surface area contributed by atoms with Crippen LogP contribution in [-0.4, -0.2) is 52.9 Å². The first-order chi connectivity index (χ1) is 13.1. The summed E-state index contributed by atoms with van der Waals surface area (Å²) in [5, 5.41) is 0.159. The maximum absolute atomic E-state index is 13.7. The highest BCUT2D eigenvalue weighted by Crippen LogP contribution is 2.32. The minimum Gasteiger partial charge on any atom is -0.494 e. The zero-order valence-electron chi connectivity index (χ0n) is 14.4. The maximum Gasteiger partial charge on any atom is 0.296 e. The first kappa shape index (κ1) is 17.9. The van der Waals surface area contributed by atoms with Crippen molar-refractivity contribution in [2.45, 2.75) is 6.43 Å². The minimum atomic E-state index is -2.82. The standard InChI is InChI=1S/C17H16ClF2N5O2/c1-26-11-4-2-3-10-14(11)23-16(15(19)20)25(10)17-21-12(18)9-13(22-17)24-5-7-27-8-6-24/h2-4,9,15H,5-8H2,1H3. The molecule has 1 aromatic carbocycles. The Morgan fingerprint density at radius 3 is 2.67 bits per heavy atom. The summed E-state index contributed by atoms with van der Waals surface area (Å²) < 4.78 is 39.2. The van der Waals surface area contributed by atoms with Crippen molar-refractivity contribution >= 4 is 28.5 Å². The molecule has 1 aliphatic heterocycles. The van der Waals surface area contributed by atoms with Crippen molar-refractivity contribution in [1.82, 2.24) is 19.5 Å². The number of fused-ring (bicyclic) bond motifs is 1. The Kier molecular flexibility index (Phi) is 4.79. The van der Waals surface area contributed by atoms with E-state index in [1.54, 1.807) is 24.3 Å². The fourth-order valence-corrected chi connectivity index (χ4v) is 3.23. The fraction of sp³-hybridized carbons (Fsp3) is 0.353. The molecule has 4 rings (SSSR count). The van der Waals surface area contributed by atoms with Gasteiger partial charge in [-0.15, -0.1) is 0 Å². The number of anilines is 1. The van der Waals surface area contributed by atoms with Crippen molar-refractivity contribution in [3.8, 4) is 11.7 Å². The van der Waals surface area contributed by atoms with E-state index in [-0.39, 0.29) is 11.1 Å². The molecule has 0 radical (unpaired) electrons. The van der Waals surface area contributed by atoms with Crippen LogP contribution in [0.25, 0.3) is 17.0 Å². The number of nitrogens with zero attached hydrogens (tertiary/aromatic N) is 5. The van der Waals surface area contributed by atoms with Gasteiger partial charge >= 0.3 is 0 Å². The Morgan fingerprint density at radius 1 is 1.19 bits per heavy atom. The highest BCUT2D eigenvalue weighted by molar-refractivity contribution is 6.29. The lowest BCUT2D eigenvalue weighted by atomic mass is 10.3. The van der Waals surface area contributed by atoms with Crippen LogP contribution in [0.5, 0.6) is 5.75 Å². The van der Waals surface area contributed by atoms with E-state index >= 15 is 0 Å². The third-order valence-corrected chi connectivity index (χ3v) is 4.49. The normalized spacial score (nSPS) is 14.9. The molecule has 1 fully saturated rings. The van der Waals surface area contributed by atoms with Gasteiger partial charge in [0.05, 0.1) is 25.8 Å².